The molecule has 0 aliphatic carbocycles. The second kappa shape index (κ2) is 6.45. The van der Waals surface area contributed by atoms with E-state index in [9.17, 15) is 0 Å². The van der Waals surface area contributed by atoms with Crippen molar-refractivity contribution in [2.24, 2.45) is 4.99 Å². The summed E-state index contributed by atoms with van der Waals surface area (Å²) >= 11 is 0. The minimum atomic E-state index is -0.187. The van der Waals surface area contributed by atoms with Crippen molar-refractivity contribution in [1.29, 1.82) is 0 Å². The molecule has 1 spiro atoms. The zero-order valence-electron chi connectivity index (χ0n) is 15.4. The Hall–Kier alpha value is -2.75. The monoisotopic (exact) mass is 353 g/mol. The third-order valence-electron chi connectivity index (χ3n) is 5.64. The molecule has 0 saturated carbocycles. The molecule has 0 radical (unpaired) electrons. The molecule has 2 heterocycles. The number of benzene rings is 3. The summed E-state index contributed by atoms with van der Waals surface area (Å²) in [6.45, 7) is 3.01. The molecule has 3 aromatic rings. The number of aryl methyl sites for hydroxylation is 1. The summed E-state index contributed by atoms with van der Waals surface area (Å²) in [4.78, 5) is 4.65. The minimum absolute atomic E-state index is 0.187. The smallest absolute Gasteiger partial charge is 0.0953 e. The average molecular weight is 353 g/mol. The van der Waals surface area contributed by atoms with E-state index in [4.69, 9.17) is 0 Å². The third-order valence-corrected chi connectivity index (χ3v) is 5.64. The fourth-order valence-corrected chi connectivity index (χ4v) is 4.26. The molecule has 5 rings (SSSR count). The average Bonchev–Trinajstić information content (AvgIpc) is 3.27. The van der Waals surface area contributed by atoms with Crippen molar-refractivity contribution in [1.82, 2.24) is 10.6 Å². The van der Waals surface area contributed by atoms with Crippen LogP contribution < -0.4 is 10.6 Å². The molecule has 3 heteroatoms. The fourth-order valence-electron chi connectivity index (χ4n) is 4.26. The van der Waals surface area contributed by atoms with E-state index >= 15 is 0 Å². The first-order valence-corrected chi connectivity index (χ1v) is 9.54. The highest BCUT2D eigenvalue weighted by Crippen LogP contribution is 2.38. The van der Waals surface area contributed by atoms with Gasteiger partial charge in [-0.3, -0.25) is 15.6 Å². The summed E-state index contributed by atoms with van der Waals surface area (Å²) in [5.74, 6) is 0. The molecule has 1 fully saturated rings. The first-order valence-electron chi connectivity index (χ1n) is 9.54. The summed E-state index contributed by atoms with van der Waals surface area (Å²) in [6.07, 6.45) is 3.22. The van der Waals surface area contributed by atoms with Gasteiger partial charge in [-0.2, -0.15) is 0 Å². The van der Waals surface area contributed by atoms with Gasteiger partial charge in [0.25, 0.3) is 0 Å². The van der Waals surface area contributed by atoms with Gasteiger partial charge in [0.2, 0.25) is 0 Å². The molecule has 1 saturated heterocycles. The Morgan fingerprint density at radius 2 is 1.81 bits per heavy atom. The molecular weight excluding hydrogens is 330 g/mol. The van der Waals surface area contributed by atoms with Crippen molar-refractivity contribution in [2.45, 2.75) is 25.0 Å². The lowest BCUT2D eigenvalue weighted by atomic mass is 9.91. The van der Waals surface area contributed by atoms with E-state index in [0.717, 1.165) is 18.7 Å². The molecule has 27 heavy (non-hydrogen) atoms. The Morgan fingerprint density at radius 1 is 1.00 bits per heavy atom. The maximum Gasteiger partial charge on any atom is 0.0953 e. The first kappa shape index (κ1) is 16.4. The van der Waals surface area contributed by atoms with Crippen LogP contribution >= 0.6 is 0 Å². The van der Waals surface area contributed by atoms with Crippen molar-refractivity contribution in [3.05, 3.63) is 89.5 Å². The van der Waals surface area contributed by atoms with Gasteiger partial charge < -0.3 is 0 Å². The maximum absolute atomic E-state index is 4.65. The van der Waals surface area contributed by atoms with Gasteiger partial charge in [0.05, 0.1) is 17.4 Å². The third kappa shape index (κ3) is 2.89. The quantitative estimate of drug-likeness (QED) is 0.735. The zero-order valence-corrected chi connectivity index (χ0v) is 15.4. The van der Waals surface area contributed by atoms with Gasteiger partial charge in [-0.15, -0.1) is 0 Å². The van der Waals surface area contributed by atoms with E-state index in [1.54, 1.807) is 0 Å². The lowest BCUT2D eigenvalue weighted by Gasteiger charge is -2.23. The number of hydrogen-bond donors (Lipinski definition) is 2. The lowest BCUT2D eigenvalue weighted by Crippen LogP contribution is -2.43. The van der Waals surface area contributed by atoms with Crippen molar-refractivity contribution >= 4 is 11.9 Å². The van der Waals surface area contributed by atoms with Crippen LogP contribution in [0.2, 0.25) is 0 Å². The van der Waals surface area contributed by atoms with Gasteiger partial charge >= 0.3 is 0 Å². The highest BCUT2D eigenvalue weighted by molar-refractivity contribution is 5.85. The summed E-state index contributed by atoms with van der Waals surface area (Å²) < 4.78 is 0. The largest absolute Gasteiger partial charge is 0.299 e. The van der Waals surface area contributed by atoms with Gasteiger partial charge in [-0.05, 0) is 29.7 Å². The van der Waals surface area contributed by atoms with Crippen molar-refractivity contribution < 1.29 is 0 Å². The summed E-state index contributed by atoms with van der Waals surface area (Å²) in [6, 6.07) is 25.8. The van der Waals surface area contributed by atoms with Crippen LogP contribution in [-0.4, -0.2) is 18.9 Å². The van der Waals surface area contributed by atoms with Gasteiger partial charge in [0.15, 0.2) is 0 Å². The molecule has 2 aliphatic rings. The van der Waals surface area contributed by atoms with E-state index in [2.05, 4.69) is 102 Å². The van der Waals surface area contributed by atoms with Crippen LogP contribution in [0.5, 0.6) is 0 Å². The predicted molar refractivity (Wildman–Crippen MR) is 112 cm³/mol. The molecule has 2 N–H and O–H groups in total. The van der Waals surface area contributed by atoms with Gasteiger partial charge in [0, 0.05) is 24.7 Å². The highest BCUT2D eigenvalue weighted by atomic mass is 15.3. The normalized spacial score (nSPS) is 23.1. The van der Waals surface area contributed by atoms with E-state index < -0.39 is 0 Å². The second-order valence-corrected chi connectivity index (χ2v) is 7.56. The molecular formula is C24H23N3. The number of nitrogens with one attached hydrogen (secondary N) is 2. The Labute approximate surface area is 160 Å². The summed E-state index contributed by atoms with van der Waals surface area (Å²) in [7, 11) is 0. The van der Waals surface area contributed by atoms with Gasteiger partial charge in [0.1, 0.15) is 0 Å². The van der Waals surface area contributed by atoms with Crippen LogP contribution in [-0.2, 0) is 12.0 Å². The molecule has 2 aliphatic heterocycles. The van der Waals surface area contributed by atoms with E-state index in [-0.39, 0.29) is 11.7 Å². The van der Waals surface area contributed by atoms with Crippen LogP contribution in [0.1, 0.15) is 16.7 Å². The molecule has 134 valence electrons. The van der Waals surface area contributed by atoms with E-state index in [1.807, 2.05) is 0 Å². The summed E-state index contributed by atoms with van der Waals surface area (Å²) in [5.41, 5.74) is 7.38. The molecule has 0 amide bonds. The first-order chi connectivity index (χ1) is 13.2. The highest BCUT2D eigenvalue weighted by Gasteiger charge is 2.42. The Kier molecular flexibility index (Phi) is 3.92. The Morgan fingerprint density at radius 3 is 2.70 bits per heavy atom. The number of hydrogen-bond acceptors (Lipinski definition) is 3. The molecule has 2 atom stereocenters. The van der Waals surface area contributed by atoms with Gasteiger partial charge in [-0.25, -0.2) is 0 Å². The van der Waals surface area contributed by atoms with Crippen LogP contribution in [0.15, 0.2) is 77.8 Å². The number of aliphatic imine (C=N–C) groups is 1. The number of nitrogens with zero attached hydrogens (tertiary/aromatic N) is 1. The SMILES string of the molecule is Cc1ccc2c(c1)C1(C=N2)CN[C@@H](Cc2ccccc2-c2ccccc2)N1. The molecule has 1 unspecified atom stereocenters. The van der Waals surface area contributed by atoms with Crippen LogP contribution in [0.25, 0.3) is 11.1 Å². The van der Waals surface area contributed by atoms with E-state index in [1.165, 1.54) is 27.8 Å². The van der Waals surface area contributed by atoms with Gasteiger partial charge in [-0.1, -0.05) is 72.3 Å². The summed E-state index contributed by atoms with van der Waals surface area (Å²) in [5, 5.41) is 7.49. The maximum atomic E-state index is 4.65. The number of fused-ring (bicyclic) bond motifs is 2. The molecule has 0 bridgehead atoms. The molecule has 3 aromatic carbocycles. The number of rotatable bonds is 3. The molecule has 3 nitrogen and oxygen atoms in total. The topological polar surface area (TPSA) is 36.4 Å². The van der Waals surface area contributed by atoms with Crippen molar-refractivity contribution in [3.8, 4) is 11.1 Å². The minimum Gasteiger partial charge on any atom is -0.299 e. The van der Waals surface area contributed by atoms with E-state index in [0.29, 0.717) is 0 Å². The van der Waals surface area contributed by atoms with Crippen molar-refractivity contribution in [3.63, 3.8) is 0 Å². The van der Waals surface area contributed by atoms with Crippen LogP contribution in [0.4, 0.5) is 5.69 Å². The standard InChI is InChI=1S/C24H23N3/c1-17-11-12-22-21(13-17)24(15-25-22)16-26-23(27-24)14-19-9-5-6-10-20(19)18-7-3-2-4-8-18/h2-13,15,23,26-27H,14,16H2,1H3/t23-,24?/m1/s1. The fraction of sp³-hybridized carbons (Fsp3) is 0.208. The van der Waals surface area contributed by atoms with Crippen molar-refractivity contribution in [2.75, 3.05) is 6.54 Å². The molecule has 0 aromatic heterocycles. The van der Waals surface area contributed by atoms with Crippen LogP contribution in [0.3, 0.4) is 0 Å². The second-order valence-electron chi connectivity index (χ2n) is 7.56. The predicted octanol–water partition coefficient (Wildman–Crippen LogP) is 4.33. The Balaban J connectivity index is 1.41. The zero-order chi connectivity index (χ0) is 18.3. The Bertz CT molecular complexity index is 1010. The van der Waals surface area contributed by atoms with Crippen LogP contribution in [0, 0.1) is 6.92 Å². The lowest BCUT2D eigenvalue weighted by molar-refractivity contribution is 0.494.